The van der Waals surface area contributed by atoms with Gasteiger partial charge in [0.1, 0.15) is 23.0 Å². The normalized spacial score (nSPS) is 10.2. The van der Waals surface area contributed by atoms with Crippen LogP contribution < -0.4 is 9.47 Å². The highest BCUT2D eigenvalue weighted by Crippen LogP contribution is 2.28. The van der Waals surface area contributed by atoms with Crippen molar-refractivity contribution in [3.05, 3.63) is 109 Å². The van der Waals surface area contributed by atoms with E-state index < -0.39 is 0 Å². The van der Waals surface area contributed by atoms with Gasteiger partial charge in [0.2, 0.25) is 0 Å². The highest BCUT2D eigenvalue weighted by Gasteiger charge is 2.02. The van der Waals surface area contributed by atoms with Gasteiger partial charge in [-0.15, -0.1) is 13.2 Å². The molecule has 0 fully saturated rings. The van der Waals surface area contributed by atoms with Crippen LogP contribution in [0.15, 0.2) is 98.1 Å². The smallest absolute Gasteiger partial charge is 0.131 e. The van der Waals surface area contributed by atoms with Gasteiger partial charge >= 0.3 is 0 Å². The summed E-state index contributed by atoms with van der Waals surface area (Å²) in [7, 11) is 0. The molecule has 3 aromatic carbocycles. The molecule has 0 radical (unpaired) electrons. The van der Waals surface area contributed by atoms with Gasteiger partial charge in [-0.3, -0.25) is 0 Å². The summed E-state index contributed by atoms with van der Waals surface area (Å²) in [4.78, 5) is 0. The van der Waals surface area contributed by atoms with Gasteiger partial charge in [-0.05, 0) is 60.4 Å². The summed E-state index contributed by atoms with van der Waals surface area (Å²) < 4.78 is 11.8. The molecular formula is C24H22O2. The number of allylic oxidation sites excluding steroid dienone is 2. The number of rotatable bonds is 8. The first-order valence-corrected chi connectivity index (χ1v) is 8.62. The maximum atomic E-state index is 5.92. The molecule has 0 bridgehead atoms. The molecule has 0 aliphatic rings. The minimum absolute atomic E-state index is 0.738. The molecule has 26 heavy (non-hydrogen) atoms. The lowest BCUT2D eigenvalue weighted by Crippen LogP contribution is -1.88. The Labute approximate surface area is 155 Å². The summed E-state index contributed by atoms with van der Waals surface area (Å²) in [5.74, 6) is 3.07. The van der Waals surface area contributed by atoms with E-state index >= 15 is 0 Å². The van der Waals surface area contributed by atoms with E-state index in [1.807, 2.05) is 84.9 Å². The lowest BCUT2D eigenvalue weighted by molar-refractivity contribution is 0.460. The van der Waals surface area contributed by atoms with Crippen molar-refractivity contribution in [2.45, 2.75) is 12.8 Å². The summed E-state index contributed by atoms with van der Waals surface area (Å²) in [5, 5.41) is 0. The van der Waals surface area contributed by atoms with Crippen LogP contribution in [0.1, 0.15) is 11.1 Å². The van der Waals surface area contributed by atoms with E-state index in [1.165, 1.54) is 11.1 Å². The number of hydrogen-bond donors (Lipinski definition) is 0. The largest absolute Gasteiger partial charge is 0.457 e. The first-order valence-electron chi connectivity index (χ1n) is 8.62. The molecule has 0 heterocycles. The summed E-state index contributed by atoms with van der Waals surface area (Å²) in [6, 6.07) is 23.7. The Bertz CT molecular complexity index is 791. The summed E-state index contributed by atoms with van der Waals surface area (Å²) in [5.41, 5.74) is 2.42. The molecule has 0 aliphatic carbocycles. The van der Waals surface area contributed by atoms with Crippen molar-refractivity contribution in [2.75, 3.05) is 0 Å². The van der Waals surface area contributed by atoms with Crippen LogP contribution in [0.25, 0.3) is 0 Å². The molecule has 0 saturated carbocycles. The SMILES string of the molecule is C=CCc1ccc(Oc2cccc(Oc3ccc(CC=C)cc3)c2)cc1. The second-order valence-electron chi connectivity index (χ2n) is 5.95. The quantitative estimate of drug-likeness (QED) is 0.423. The van der Waals surface area contributed by atoms with Crippen LogP contribution in [0, 0.1) is 0 Å². The summed E-state index contributed by atoms with van der Waals surface area (Å²) in [6.07, 6.45) is 5.49. The Kier molecular flexibility index (Phi) is 5.89. The van der Waals surface area contributed by atoms with Crippen LogP contribution in [-0.4, -0.2) is 0 Å². The standard InChI is InChI=1S/C24H22O2/c1-3-6-19-10-14-21(15-11-19)25-23-8-5-9-24(18-23)26-22-16-12-20(7-4-2)13-17-22/h3-5,8-18H,1-2,6-7H2. The third-order valence-electron chi connectivity index (χ3n) is 3.88. The lowest BCUT2D eigenvalue weighted by Gasteiger charge is -2.10. The van der Waals surface area contributed by atoms with Gasteiger partial charge < -0.3 is 9.47 Å². The molecule has 3 rings (SSSR count). The topological polar surface area (TPSA) is 18.5 Å². The zero-order chi connectivity index (χ0) is 18.2. The molecule has 0 saturated heterocycles. The van der Waals surface area contributed by atoms with Crippen LogP contribution in [0.4, 0.5) is 0 Å². The maximum Gasteiger partial charge on any atom is 0.131 e. The van der Waals surface area contributed by atoms with E-state index in [2.05, 4.69) is 13.2 Å². The Morgan fingerprint density at radius 1 is 0.577 bits per heavy atom. The predicted molar refractivity (Wildman–Crippen MR) is 107 cm³/mol. The van der Waals surface area contributed by atoms with Gasteiger partial charge in [0, 0.05) is 6.07 Å². The van der Waals surface area contributed by atoms with Crippen LogP contribution in [-0.2, 0) is 12.8 Å². The lowest BCUT2D eigenvalue weighted by atomic mass is 10.1. The Balaban J connectivity index is 1.67. The van der Waals surface area contributed by atoms with E-state index in [4.69, 9.17) is 9.47 Å². The highest BCUT2D eigenvalue weighted by atomic mass is 16.5. The van der Waals surface area contributed by atoms with Crippen molar-refractivity contribution < 1.29 is 9.47 Å². The molecular weight excluding hydrogens is 320 g/mol. The molecule has 0 amide bonds. The first-order chi connectivity index (χ1) is 12.8. The van der Waals surface area contributed by atoms with Gasteiger partial charge in [0.25, 0.3) is 0 Å². The highest BCUT2D eigenvalue weighted by molar-refractivity contribution is 5.40. The molecule has 130 valence electrons. The van der Waals surface area contributed by atoms with Gasteiger partial charge in [-0.2, -0.15) is 0 Å². The predicted octanol–water partition coefficient (Wildman–Crippen LogP) is 6.73. The zero-order valence-electron chi connectivity index (χ0n) is 14.7. The molecule has 2 heteroatoms. The average molecular weight is 342 g/mol. The number of benzene rings is 3. The number of hydrogen-bond acceptors (Lipinski definition) is 2. The van der Waals surface area contributed by atoms with Crippen molar-refractivity contribution >= 4 is 0 Å². The van der Waals surface area contributed by atoms with Crippen LogP contribution >= 0.6 is 0 Å². The summed E-state index contributed by atoms with van der Waals surface area (Å²) in [6.45, 7) is 7.51. The molecule has 0 atom stereocenters. The van der Waals surface area contributed by atoms with Crippen molar-refractivity contribution in [1.29, 1.82) is 0 Å². The van der Waals surface area contributed by atoms with Crippen molar-refractivity contribution in [2.24, 2.45) is 0 Å². The van der Waals surface area contributed by atoms with Gasteiger partial charge in [0.05, 0.1) is 0 Å². The fourth-order valence-electron chi connectivity index (χ4n) is 2.59. The van der Waals surface area contributed by atoms with E-state index in [9.17, 15) is 0 Å². The minimum Gasteiger partial charge on any atom is -0.457 e. The second kappa shape index (κ2) is 8.72. The third-order valence-corrected chi connectivity index (χ3v) is 3.88. The van der Waals surface area contributed by atoms with Gasteiger partial charge in [-0.1, -0.05) is 42.5 Å². The molecule has 0 aromatic heterocycles. The van der Waals surface area contributed by atoms with Crippen LogP contribution in [0.3, 0.4) is 0 Å². The second-order valence-corrected chi connectivity index (χ2v) is 5.95. The fourth-order valence-corrected chi connectivity index (χ4v) is 2.59. The zero-order valence-corrected chi connectivity index (χ0v) is 14.7. The van der Waals surface area contributed by atoms with Crippen molar-refractivity contribution in [1.82, 2.24) is 0 Å². The third kappa shape index (κ3) is 4.87. The van der Waals surface area contributed by atoms with Crippen molar-refractivity contribution in [3.63, 3.8) is 0 Å². The molecule has 3 aromatic rings. The monoisotopic (exact) mass is 342 g/mol. The molecule has 0 unspecified atom stereocenters. The molecule has 2 nitrogen and oxygen atoms in total. The van der Waals surface area contributed by atoms with Gasteiger partial charge in [-0.25, -0.2) is 0 Å². The van der Waals surface area contributed by atoms with E-state index in [0.29, 0.717) is 0 Å². The Morgan fingerprint density at radius 2 is 1.00 bits per heavy atom. The summed E-state index contributed by atoms with van der Waals surface area (Å²) >= 11 is 0. The van der Waals surface area contributed by atoms with Crippen LogP contribution in [0.2, 0.25) is 0 Å². The van der Waals surface area contributed by atoms with Gasteiger partial charge in [0.15, 0.2) is 0 Å². The molecule has 0 spiro atoms. The van der Waals surface area contributed by atoms with E-state index in [1.54, 1.807) is 0 Å². The first kappa shape index (κ1) is 17.6. The minimum atomic E-state index is 0.738. The molecule has 0 N–H and O–H groups in total. The number of ether oxygens (including phenoxy) is 2. The Hall–Kier alpha value is -3.26. The fraction of sp³-hybridized carbons (Fsp3) is 0.0833. The van der Waals surface area contributed by atoms with Crippen LogP contribution in [0.5, 0.6) is 23.0 Å². The van der Waals surface area contributed by atoms with E-state index in [-0.39, 0.29) is 0 Å². The Morgan fingerprint density at radius 3 is 1.38 bits per heavy atom. The van der Waals surface area contributed by atoms with E-state index in [0.717, 1.165) is 35.8 Å². The average Bonchev–Trinajstić information content (AvgIpc) is 2.66. The maximum absolute atomic E-state index is 5.92. The molecule has 0 aliphatic heterocycles. The van der Waals surface area contributed by atoms with Crippen molar-refractivity contribution in [3.8, 4) is 23.0 Å².